The van der Waals surface area contributed by atoms with Gasteiger partial charge in [0, 0.05) is 19.7 Å². The SMILES string of the molecule is CSC1(C#N)CCN(C(=O)C2CCCO2)CC1. The molecule has 0 aliphatic carbocycles. The van der Waals surface area contributed by atoms with E-state index in [0.29, 0.717) is 19.7 Å². The number of piperidine rings is 1. The number of rotatable bonds is 2. The largest absolute Gasteiger partial charge is 0.368 e. The molecular weight excluding hydrogens is 236 g/mol. The molecule has 2 saturated heterocycles. The zero-order chi connectivity index (χ0) is 12.3. The molecule has 1 amide bonds. The fraction of sp³-hybridized carbons (Fsp3) is 0.833. The third-order valence-corrected chi connectivity index (χ3v) is 4.96. The van der Waals surface area contributed by atoms with E-state index >= 15 is 0 Å². The van der Waals surface area contributed by atoms with Gasteiger partial charge in [-0.1, -0.05) is 0 Å². The van der Waals surface area contributed by atoms with Crippen LogP contribution in [0.2, 0.25) is 0 Å². The highest BCUT2D eigenvalue weighted by Gasteiger charge is 2.37. The molecular formula is C12H18N2O2S. The van der Waals surface area contributed by atoms with Crippen molar-refractivity contribution in [2.24, 2.45) is 0 Å². The predicted molar refractivity (Wildman–Crippen MR) is 66.6 cm³/mol. The van der Waals surface area contributed by atoms with E-state index in [1.165, 1.54) is 0 Å². The second-order valence-electron chi connectivity index (χ2n) is 4.64. The van der Waals surface area contributed by atoms with E-state index in [-0.39, 0.29) is 16.8 Å². The summed E-state index contributed by atoms with van der Waals surface area (Å²) in [5.74, 6) is 0.121. The lowest BCUT2D eigenvalue weighted by Gasteiger charge is -2.37. The molecule has 2 heterocycles. The lowest BCUT2D eigenvalue weighted by Crippen LogP contribution is -2.47. The van der Waals surface area contributed by atoms with Gasteiger partial charge in [-0.05, 0) is 31.9 Å². The van der Waals surface area contributed by atoms with Gasteiger partial charge in [0.1, 0.15) is 10.9 Å². The minimum absolute atomic E-state index is 0.121. The fourth-order valence-electron chi connectivity index (χ4n) is 2.43. The molecule has 2 aliphatic heterocycles. The highest BCUT2D eigenvalue weighted by atomic mass is 32.2. The van der Waals surface area contributed by atoms with Gasteiger partial charge in [-0.25, -0.2) is 0 Å². The number of hydrogen-bond donors (Lipinski definition) is 0. The molecule has 2 fully saturated rings. The smallest absolute Gasteiger partial charge is 0.251 e. The Labute approximate surface area is 106 Å². The van der Waals surface area contributed by atoms with Gasteiger partial charge >= 0.3 is 0 Å². The zero-order valence-electron chi connectivity index (χ0n) is 10.1. The molecule has 0 N–H and O–H groups in total. The van der Waals surface area contributed by atoms with E-state index in [4.69, 9.17) is 4.74 Å². The normalized spacial score (nSPS) is 27.8. The number of ether oxygens (including phenoxy) is 1. The van der Waals surface area contributed by atoms with Crippen molar-refractivity contribution in [2.45, 2.75) is 36.5 Å². The second-order valence-corrected chi connectivity index (χ2v) is 5.83. The molecule has 5 heteroatoms. The third-order valence-electron chi connectivity index (χ3n) is 3.68. The number of thioether (sulfide) groups is 1. The quantitative estimate of drug-likeness (QED) is 0.747. The molecule has 0 bridgehead atoms. The van der Waals surface area contributed by atoms with Crippen LogP contribution in [0.1, 0.15) is 25.7 Å². The van der Waals surface area contributed by atoms with E-state index in [1.54, 1.807) is 11.8 Å². The van der Waals surface area contributed by atoms with Crippen molar-refractivity contribution in [3.63, 3.8) is 0 Å². The molecule has 94 valence electrons. The number of hydrogen-bond acceptors (Lipinski definition) is 4. The van der Waals surface area contributed by atoms with Crippen molar-refractivity contribution in [1.29, 1.82) is 5.26 Å². The molecule has 2 aliphatic rings. The number of carbonyl (C=O) groups is 1. The van der Waals surface area contributed by atoms with Gasteiger partial charge in [0.05, 0.1) is 6.07 Å². The minimum atomic E-state index is -0.284. The van der Waals surface area contributed by atoms with E-state index < -0.39 is 0 Å². The lowest BCUT2D eigenvalue weighted by molar-refractivity contribution is -0.141. The van der Waals surface area contributed by atoms with Gasteiger partial charge in [0.25, 0.3) is 5.91 Å². The van der Waals surface area contributed by atoms with Crippen LogP contribution >= 0.6 is 11.8 Å². The lowest BCUT2D eigenvalue weighted by atomic mass is 9.97. The molecule has 17 heavy (non-hydrogen) atoms. The molecule has 0 aromatic rings. The third kappa shape index (κ3) is 2.58. The van der Waals surface area contributed by atoms with Gasteiger partial charge < -0.3 is 9.64 Å². The Morgan fingerprint density at radius 1 is 1.53 bits per heavy atom. The molecule has 4 nitrogen and oxygen atoms in total. The minimum Gasteiger partial charge on any atom is -0.368 e. The van der Waals surface area contributed by atoms with Crippen LogP contribution in [0.15, 0.2) is 0 Å². The van der Waals surface area contributed by atoms with Crippen LogP contribution in [0.5, 0.6) is 0 Å². The number of nitrogens with zero attached hydrogens (tertiary/aromatic N) is 2. The fourth-order valence-corrected chi connectivity index (χ4v) is 3.11. The predicted octanol–water partition coefficient (Wildman–Crippen LogP) is 1.41. The Kier molecular flexibility index (Phi) is 3.95. The van der Waals surface area contributed by atoms with Crippen LogP contribution in [0.3, 0.4) is 0 Å². The summed E-state index contributed by atoms with van der Waals surface area (Å²) in [7, 11) is 0. The maximum Gasteiger partial charge on any atom is 0.251 e. The second kappa shape index (κ2) is 5.28. The first-order chi connectivity index (χ1) is 8.21. The topological polar surface area (TPSA) is 53.3 Å². The molecule has 0 radical (unpaired) electrons. The maximum atomic E-state index is 12.1. The molecule has 1 unspecified atom stereocenters. The first-order valence-electron chi connectivity index (χ1n) is 6.07. The van der Waals surface area contributed by atoms with E-state index in [1.807, 2.05) is 11.2 Å². The summed E-state index contributed by atoms with van der Waals surface area (Å²) in [6.45, 7) is 2.08. The highest BCUT2D eigenvalue weighted by Crippen LogP contribution is 2.34. The molecule has 0 aromatic heterocycles. The van der Waals surface area contributed by atoms with Gasteiger partial charge in [0.15, 0.2) is 0 Å². The molecule has 1 atom stereocenters. The monoisotopic (exact) mass is 254 g/mol. The summed E-state index contributed by atoms with van der Waals surface area (Å²) in [4.78, 5) is 14.0. The van der Waals surface area contributed by atoms with Gasteiger partial charge in [-0.15, -0.1) is 11.8 Å². The Hall–Kier alpha value is -0.730. The van der Waals surface area contributed by atoms with Crippen molar-refractivity contribution >= 4 is 17.7 Å². The number of nitriles is 1. The van der Waals surface area contributed by atoms with Crippen molar-refractivity contribution < 1.29 is 9.53 Å². The Morgan fingerprint density at radius 2 is 2.24 bits per heavy atom. The summed E-state index contributed by atoms with van der Waals surface area (Å²) >= 11 is 1.61. The first kappa shape index (κ1) is 12.7. The molecule has 0 saturated carbocycles. The molecule has 2 rings (SSSR count). The van der Waals surface area contributed by atoms with Crippen LogP contribution < -0.4 is 0 Å². The average Bonchev–Trinajstić information content (AvgIpc) is 2.92. The van der Waals surface area contributed by atoms with Gasteiger partial charge in [-0.2, -0.15) is 5.26 Å². The number of carbonyl (C=O) groups excluding carboxylic acids is 1. The summed E-state index contributed by atoms with van der Waals surface area (Å²) in [5.41, 5.74) is 0. The highest BCUT2D eigenvalue weighted by molar-refractivity contribution is 8.00. The molecule has 0 spiro atoms. The summed E-state index contributed by atoms with van der Waals surface area (Å²) in [5, 5.41) is 9.18. The van der Waals surface area contributed by atoms with Crippen LogP contribution in [0, 0.1) is 11.3 Å². The van der Waals surface area contributed by atoms with Crippen molar-refractivity contribution in [3.05, 3.63) is 0 Å². The van der Waals surface area contributed by atoms with Crippen LogP contribution in [-0.4, -0.2) is 47.6 Å². The standard InChI is InChI=1S/C12H18N2O2S/c1-17-12(9-13)4-6-14(7-5-12)11(15)10-3-2-8-16-10/h10H,2-8H2,1H3. The van der Waals surface area contributed by atoms with Crippen LogP contribution in [0.25, 0.3) is 0 Å². The summed E-state index contributed by atoms with van der Waals surface area (Å²) in [6, 6.07) is 2.39. The molecule has 0 aromatic carbocycles. The van der Waals surface area contributed by atoms with E-state index in [2.05, 4.69) is 6.07 Å². The van der Waals surface area contributed by atoms with Crippen LogP contribution in [-0.2, 0) is 9.53 Å². The van der Waals surface area contributed by atoms with Crippen molar-refractivity contribution in [3.8, 4) is 6.07 Å². The van der Waals surface area contributed by atoms with Crippen LogP contribution in [0.4, 0.5) is 0 Å². The van der Waals surface area contributed by atoms with Gasteiger partial charge in [0.2, 0.25) is 0 Å². The Morgan fingerprint density at radius 3 is 2.71 bits per heavy atom. The zero-order valence-corrected chi connectivity index (χ0v) is 11.0. The Balaban J connectivity index is 1.90. The first-order valence-corrected chi connectivity index (χ1v) is 7.30. The number of likely N-dealkylation sites (tertiary alicyclic amines) is 1. The maximum absolute atomic E-state index is 12.1. The van der Waals surface area contributed by atoms with Crippen molar-refractivity contribution in [2.75, 3.05) is 26.0 Å². The van der Waals surface area contributed by atoms with E-state index in [0.717, 1.165) is 25.7 Å². The van der Waals surface area contributed by atoms with Crippen molar-refractivity contribution in [1.82, 2.24) is 4.90 Å². The van der Waals surface area contributed by atoms with Gasteiger partial charge in [-0.3, -0.25) is 4.79 Å². The Bertz CT molecular complexity index is 326. The average molecular weight is 254 g/mol. The summed E-state index contributed by atoms with van der Waals surface area (Å²) < 4.78 is 5.13. The van der Waals surface area contributed by atoms with E-state index in [9.17, 15) is 10.1 Å². The summed E-state index contributed by atoms with van der Waals surface area (Å²) in [6.07, 6.45) is 5.12. The number of amides is 1.